The van der Waals surface area contributed by atoms with Gasteiger partial charge in [-0.3, -0.25) is 4.57 Å². The lowest BCUT2D eigenvalue weighted by atomic mass is 10.2. The van der Waals surface area contributed by atoms with E-state index in [0.29, 0.717) is 23.9 Å². The molecule has 0 spiro atoms. The molecule has 0 fully saturated rings. The van der Waals surface area contributed by atoms with Crippen LogP contribution >= 0.6 is 11.8 Å². The van der Waals surface area contributed by atoms with Crippen molar-refractivity contribution in [3.63, 3.8) is 0 Å². The summed E-state index contributed by atoms with van der Waals surface area (Å²) in [6, 6.07) is 5.46. The fourth-order valence-corrected chi connectivity index (χ4v) is 3.69. The maximum absolute atomic E-state index is 12.1. The van der Waals surface area contributed by atoms with Gasteiger partial charge in [0.25, 0.3) is 5.16 Å². The number of aromatic nitrogens is 2. The smallest absolute Gasteiger partial charge is 0.406 e. The van der Waals surface area contributed by atoms with Gasteiger partial charge in [0.1, 0.15) is 11.9 Å². The van der Waals surface area contributed by atoms with Gasteiger partial charge < -0.3 is 19.6 Å². The molecule has 1 atom stereocenters. The maximum Gasteiger partial charge on any atom is 0.573 e. The first-order chi connectivity index (χ1) is 12.1. The van der Waals surface area contributed by atoms with Crippen LogP contribution < -0.4 is 4.74 Å². The van der Waals surface area contributed by atoms with E-state index < -0.39 is 11.3 Å². The van der Waals surface area contributed by atoms with E-state index in [1.165, 1.54) is 42.2 Å². The molecule has 3 rings (SSSR count). The summed E-state index contributed by atoms with van der Waals surface area (Å²) in [5, 5.41) is 11.3. The number of hydrogen-bond donors (Lipinski definition) is 0. The van der Waals surface area contributed by atoms with Gasteiger partial charge in [0.2, 0.25) is 0 Å². The third kappa shape index (κ3) is 4.47. The second-order valence-corrected chi connectivity index (χ2v) is 7.56. The Morgan fingerprint density at radius 1 is 1.38 bits per heavy atom. The molecule has 2 aromatic rings. The van der Waals surface area contributed by atoms with Crippen LogP contribution in [-0.2, 0) is 17.9 Å². The Morgan fingerprint density at radius 3 is 2.65 bits per heavy atom. The number of imidazole rings is 1. The Labute approximate surface area is 150 Å². The fraction of sp³-hybridized carbons (Fsp3) is 0.400. The molecule has 1 aromatic heterocycles. The monoisotopic (exact) mass is 389 g/mol. The van der Waals surface area contributed by atoms with E-state index in [4.69, 9.17) is 4.74 Å². The van der Waals surface area contributed by atoms with Crippen LogP contribution in [0.5, 0.6) is 5.75 Å². The molecule has 0 unspecified atom stereocenters. The average Bonchev–Trinajstić information content (AvgIpc) is 3.03. The largest absolute Gasteiger partial charge is 0.573 e. The molecule has 7 nitrogen and oxygen atoms in total. The van der Waals surface area contributed by atoms with Gasteiger partial charge in [0.05, 0.1) is 18.0 Å². The zero-order chi connectivity index (χ0) is 18.9. The molecule has 1 aromatic carbocycles. The van der Waals surface area contributed by atoms with Crippen molar-refractivity contribution in [1.29, 1.82) is 0 Å². The summed E-state index contributed by atoms with van der Waals surface area (Å²) < 4.78 is 47.2. The number of halogens is 3. The zero-order valence-electron chi connectivity index (χ0n) is 13.5. The predicted molar refractivity (Wildman–Crippen MR) is 85.9 cm³/mol. The summed E-state index contributed by atoms with van der Waals surface area (Å²) in [6.45, 7) is 3.06. The highest BCUT2D eigenvalue weighted by Crippen LogP contribution is 2.41. The first kappa shape index (κ1) is 18.5. The van der Waals surface area contributed by atoms with Crippen molar-refractivity contribution < 1.29 is 27.6 Å². The van der Waals surface area contributed by atoms with Gasteiger partial charge >= 0.3 is 12.2 Å². The van der Waals surface area contributed by atoms with Gasteiger partial charge in [-0.1, -0.05) is 12.1 Å². The Morgan fingerprint density at radius 2 is 2.08 bits per heavy atom. The summed E-state index contributed by atoms with van der Waals surface area (Å²) in [6.07, 6.45) is -3.32. The van der Waals surface area contributed by atoms with E-state index in [1.807, 2.05) is 6.92 Å². The normalized spacial score (nSPS) is 19.4. The van der Waals surface area contributed by atoms with Crippen molar-refractivity contribution >= 4 is 17.6 Å². The molecule has 0 saturated carbocycles. The molecule has 0 bridgehead atoms. The highest BCUT2D eigenvalue weighted by molar-refractivity contribution is 8.00. The Bertz CT molecular complexity index is 784. The molecule has 0 amide bonds. The van der Waals surface area contributed by atoms with Crippen LogP contribution in [0.4, 0.5) is 19.0 Å². The van der Waals surface area contributed by atoms with Crippen molar-refractivity contribution in [3.05, 3.63) is 46.1 Å². The highest BCUT2D eigenvalue weighted by atomic mass is 32.2. The van der Waals surface area contributed by atoms with Gasteiger partial charge in [0, 0.05) is 6.54 Å². The van der Waals surface area contributed by atoms with Crippen molar-refractivity contribution in [2.45, 2.75) is 36.3 Å². The van der Waals surface area contributed by atoms with E-state index in [-0.39, 0.29) is 22.9 Å². The van der Waals surface area contributed by atoms with Gasteiger partial charge in [-0.15, -0.1) is 13.2 Å². The molecule has 0 N–H and O–H groups in total. The maximum atomic E-state index is 12.1. The lowest BCUT2D eigenvalue weighted by molar-refractivity contribution is -0.389. The molecular formula is C15H14F3N3O4S. The molecule has 1 aliphatic heterocycles. The molecule has 1 aliphatic rings. The number of hydrogen-bond acceptors (Lipinski definition) is 6. The molecule has 0 radical (unpaired) electrons. The molecule has 0 saturated heterocycles. The number of ether oxygens (including phenoxy) is 2. The fourth-order valence-electron chi connectivity index (χ4n) is 2.53. The predicted octanol–water partition coefficient (Wildman–Crippen LogP) is 3.77. The van der Waals surface area contributed by atoms with Gasteiger partial charge in [-0.05, 0) is 46.3 Å². The van der Waals surface area contributed by atoms with Crippen molar-refractivity contribution in [2.75, 3.05) is 6.61 Å². The standard InChI is InChI=1S/C15H14F3N3O4S/c1-14(8-20-6-12(21(22)23)19-13(20)26-14)9-24-7-10-2-4-11(5-3-10)25-15(16,17)18/h2-6H,7-9H2,1H3/t14-/m1/s1. The SMILES string of the molecule is C[C@]1(COCc2ccc(OC(F)(F)F)cc2)Cn2cc([N+](=O)[O-])nc2S1. The lowest BCUT2D eigenvalue weighted by Gasteiger charge is -2.21. The highest BCUT2D eigenvalue weighted by Gasteiger charge is 2.39. The number of nitro groups is 1. The van der Waals surface area contributed by atoms with Gasteiger partial charge in [0.15, 0.2) is 0 Å². The molecule has 26 heavy (non-hydrogen) atoms. The summed E-state index contributed by atoms with van der Waals surface area (Å²) in [5.74, 6) is -0.469. The van der Waals surface area contributed by atoms with Crippen molar-refractivity contribution in [1.82, 2.24) is 9.55 Å². The summed E-state index contributed by atoms with van der Waals surface area (Å²) in [4.78, 5) is 14.1. The minimum atomic E-state index is -4.72. The van der Waals surface area contributed by atoms with Crippen LogP contribution in [0.2, 0.25) is 0 Å². The second kappa shape index (κ2) is 6.80. The first-order valence-corrected chi connectivity index (χ1v) is 8.28. The Balaban J connectivity index is 1.50. The molecule has 11 heteroatoms. The number of rotatable bonds is 6. The third-order valence-electron chi connectivity index (χ3n) is 3.59. The number of fused-ring (bicyclic) bond motifs is 1. The van der Waals surface area contributed by atoms with E-state index in [0.717, 1.165) is 0 Å². The molecule has 2 heterocycles. The van der Waals surface area contributed by atoms with Gasteiger partial charge in [-0.25, -0.2) is 0 Å². The number of thioether (sulfide) groups is 1. The van der Waals surface area contributed by atoms with Crippen LogP contribution in [0.25, 0.3) is 0 Å². The number of nitrogens with zero attached hydrogens (tertiary/aromatic N) is 3. The summed E-state index contributed by atoms with van der Waals surface area (Å²) in [5.41, 5.74) is 0.708. The number of benzene rings is 1. The van der Waals surface area contributed by atoms with Crippen molar-refractivity contribution in [3.8, 4) is 5.75 Å². The second-order valence-electron chi connectivity index (χ2n) is 6.00. The van der Waals surface area contributed by atoms with Crippen LogP contribution in [-0.4, -0.2) is 32.2 Å². The quantitative estimate of drug-likeness (QED) is 0.553. The first-order valence-electron chi connectivity index (χ1n) is 7.47. The van der Waals surface area contributed by atoms with Crippen LogP contribution in [0.3, 0.4) is 0 Å². The van der Waals surface area contributed by atoms with Crippen LogP contribution in [0.15, 0.2) is 35.6 Å². The third-order valence-corrected chi connectivity index (χ3v) is 4.84. The van der Waals surface area contributed by atoms with Crippen LogP contribution in [0, 0.1) is 10.1 Å². The van der Waals surface area contributed by atoms with E-state index >= 15 is 0 Å². The van der Waals surface area contributed by atoms with E-state index in [2.05, 4.69) is 9.72 Å². The summed E-state index contributed by atoms with van der Waals surface area (Å²) in [7, 11) is 0. The Kier molecular flexibility index (Phi) is 4.84. The minimum Gasteiger partial charge on any atom is -0.406 e. The van der Waals surface area contributed by atoms with Crippen LogP contribution in [0.1, 0.15) is 12.5 Å². The van der Waals surface area contributed by atoms with E-state index in [1.54, 1.807) is 4.57 Å². The topological polar surface area (TPSA) is 79.4 Å². The summed E-state index contributed by atoms with van der Waals surface area (Å²) >= 11 is 1.40. The Hall–Kier alpha value is -2.27. The van der Waals surface area contributed by atoms with Crippen molar-refractivity contribution in [2.24, 2.45) is 0 Å². The zero-order valence-corrected chi connectivity index (χ0v) is 14.3. The molecule has 140 valence electrons. The molecular weight excluding hydrogens is 375 g/mol. The lowest BCUT2D eigenvalue weighted by Crippen LogP contribution is -2.27. The van der Waals surface area contributed by atoms with Gasteiger partial charge in [-0.2, -0.15) is 0 Å². The van der Waals surface area contributed by atoms with E-state index in [9.17, 15) is 23.3 Å². The average molecular weight is 389 g/mol. The molecule has 0 aliphatic carbocycles. The number of alkyl halides is 3. The minimum absolute atomic E-state index is 0.184.